The van der Waals surface area contributed by atoms with Crippen LogP contribution in [0.1, 0.15) is 34.6 Å². The molecule has 0 aromatic heterocycles. The molecule has 0 spiro atoms. The molecule has 1 atom stereocenters. The van der Waals surface area contributed by atoms with Crippen LogP contribution in [0, 0.1) is 0 Å². The summed E-state index contributed by atoms with van der Waals surface area (Å²) in [5, 5.41) is -0.273. The van der Waals surface area contributed by atoms with Gasteiger partial charge in [-0.1, -0.05) is 6.92 Å². The highest BCUT2D eigenvalue weighted by atomic mass is 32.1. The Hall–Kier alpha value is 0.0269. The molecule has 0 aromatic carbocycles. The molecule has 0 amide bonds. The van der Waals surface area contributed by atoms with E-state index in [1.165, 1.54) is 0 Å². The van der Waals surface area contributed by atoms with Crippen LogP contribution in [0.2, 0.25) is 12.1 Å². The van der Waals surface area contributed by atoms with Gasteiger partial charge in [0.1, 0.15) is 0 Å². The van der Waals surface area contributed by atoms with Gasteiger partial charge in [0.2, 0.25) is 0 Å². The van der Waals surface area contributed by atoms with Gasteiger partial charge < -0.3 is 26.3 Å². The Morgan fingerprint density at radius 1 is 1.07 bits per heavy atom. The standard InChI is InChI=1S/C10H22O3SSi/c1-7(2)12-15(6,13-8(3)4)9(5)10(11)14/h7-9H,1-6H3,(H,11,14)/p-1. The van der Waals surface area contributed by atoms with Crippen LogP contribution in [0.4, 0.5) is 0 Å². The molecule has 5 heteroatoms. The van der Waals surface area contributed by atoms with Crippen molar-refractivity contribution >= 4 is 26.3 Å². The summed E-state index contributed by atoms with van der Waals surface area (Å²) >= 11 is 4.69. The van der Waals surface area contributed by atoms with E-state index in [1.54, 1.807) is 6.92 Å². The smallest absolute Gasteiger partial charge is 0.343 e. The molecule has 0 fully saturated rings. The molecule has 0 N–H and O–H groups in total. The van der Waals surface area contributed by atoms with E-state index in [2.05, 4.69) is 0 Å². The number of hydrogen-bond acceptors (Lipinski definition) is 4. The fourth-order valence-corrected chi connectivity index (χ4v) is 4.79. The lowest BCUT2D eigenvalue weighted by Gasteiger charge is -2.36. The van der Waals surface area contributed by atoms with Crippen molar-refractivity contribution in [3.05, 3.63) is 0 Å². The molecule has 1 unspecified atom stereocenters. The van der Waals surface area contributed by atoms with Crippen molar-refractivity contribution in [3.8, 4) is 0 Å². The molecule has 3 nitrogen and oxygen atoms in total. The SMILES string of the molecule is CC(C)O[Si](C)(OC(C)C)C(C)C(=O)[S-]. The van der Waals surface area contributed by atoms with Crippen molar-refractivity contribution in [1.82, 2.24) is 0 Å². The monoisotopic (exact) mass is 249 g/mol. The molecule has 15 heavy (non-hydrogen) atoms. The molecule has 0 aromatic rings. The number of hydrogen-bond donors (Lipinski definition) is 0. The van der Waals surface area contributed by atoms with Crippen molar-refractivity contribution in [2.45, 2.75) is 58.9 Å². The molecule has 90 valence electrons. The Bertz CT molecular complexity index is 209. The lowest BCUT2D eigenvalue weighted by atomic mass is 10.5. The highest BCUT2D eigenvalue weighted by Gasteiger charge is 2.40. The van der Waals surface area contributed by atoms with Crippen LogP contribution in [-0.4, -0.2) is 25.9 Å². The first-order valence-corrected chi connectivity index (χ1v) is 8.05. The first kappa shape index (κ1) is 15.0. The average Bonchev–Trinajstić information content (AvgIpc) is 1.99. The number of carbonyl (C=O) groups excluding carboxylic acids is 1. The van der Waals surface area contributed by atoms with Gasteiger partial charge in [-0.3, -0.25) is 0 Å². The van der Waals surface area contributed by atoms with Crippen molar-refractivity contribution in [3.63, 3.8) is 0 Å². The van der Waals surface area contributed by atoms with Crippen molar-refractivity contribution in [2.24, 2.45) is 0 Å². The van der Waals surface area contributed by atoms with Gasteiger partial charge in [0.15, 0.2) is 0 Å². The zero-order valence-electron chi connectivity index (χ0n) is 10.4. The van der Waals surface area contributed by atoms with Crippen LogP contribution in [0.3, 0.4) is 0 Å². The van der Waals surface area contributed by atoms with E-state index in [0.29, 0.717) is 0 Å². The van der Waals surface area contributed by atoms with Crippen LogP contribution in [0.25, 0.3) is 0 Å². The molecule has 0 heterocycles. The van der Waals surface area contributed by atoms with E-state index < -0.39 is 8.56 Å². The van der Waals surface area contributed by atoms with Crippen molar-refractivity contribution in [2.75, 3.05) is 0 Å². The fourth-order valence-electron chi connectivity index (χ4n) is 1.38. The van der Waals surface area contributed by atoms with Gasteiger partial charge in [-0.15, -0.1) is 0 Å². The minimum atomic E-state index is -2.50. The van der Waals surface area contributed by atoms with E-state index in [1.807, 2.05) is 34.2 Å². The largest absolute Gasteiger partial charge is 0.742 e. The van der Waals surface area contributed by atoms with Crippen molar-refractivity contribution in [1.29, 1.82) is 0 Å². The molecular weight excluding hydrogens is 228 g/mol. The third kappa shape index (κ3) is 5.06. The molecule has 0 saturated heterocycles. The second-order valence-electron chi connectivity index (χ2n) is 4.39. The minimum Gasteiger partial charge on any atom is -0.742 e. The summed E-state index contributed by atoms with van der Waals surface area (Å²) in [5.41, 5.74) is -0.308. The molecule has 0 rings (SSSR count). The Morgan fingerprint density at radius 2 is 1.40 bits per heavy atom. The summed E-state index contributed by atoms with van der Waals surface area (Å²) in [6, 6.07) is 0. The Kier molecular flexibility index (Phi) is 5.95. The van der Waals surface area contributed by atoms with Crippen molar-refractivity contribution < 1.29 is 13.6 Å². The maximum atomic E-state index is 11.2. The number of carbonyl (C=O) groups is 1. The van der Waals surface area contributed by atoms with Crippen LogP contribution >= 0.6 is 0 Å². The molecular formula is C10H21O3SSi-. The van der Waals surface area contributed by atoms with E-state index in [9.17, 15) is 4.79 Å². The Morgan fingerprint density at radius 3 is 1.60 bits per heavy atom. The first-order valence-electron chi connectivity index (χ1n) is 5.25. The van der Waals surface area contributed by atoms with Crippen LogP contribution < -0.4 is 0 Å². The Balaban J connectivity index is 4.75. The second-order valence-corrected chi connectivity index (χ2v) is 8.16. The highest BCUT2D eigenvalue weighted by Crippen LogP contribution is 2.27. The van der Waals surface area contributed by atoms with Gasteiger partial charge >= 0.3 is 8.56 Å². The van der Waals surface area contributed by atoms with E-state index in [-0.39, 0.29) is 22.9 Å². The molecule has 0 bridgehead atoms. The summed E-state index contributed by atoms with van der Waals surface area (Å²) in [6.45, 7) is 11.5. The average molecular weight is 249 g/mol. The zero-order chi connectivity index (χ0) is 12.2. The topological polar surface area (TPSA) is 35.5 Å². The molecule has 0 saturated carbocycles. The summed E-state index contributed by atoms with van der Waals surface area (Å²) in [7, 11) is -2.50. The third-order valence-corrected chi connectivity index (χ3v) is 6.36. The predicted molar refractivity (Wildman–Crippen MR) is 65.9 cm³/mol. The highest BCUT2D eigenvalue weighted by molar-refractivity contribution is 7.77. The maximum absolute atomic E-state index is 11.2. The summed E-state index contributed by atoms with van der Waals surface area (Å²) in [6.07, 6.45) is 0.106. The quantitative estimate of drug-likeness (QED) is 0.535. The maximum Gasteiger partial charge on any atom is 0.343 e. The van der Waals surface area contributed by atoms with Gasteiger partial charge in [-0.25, -0.2) is 0 Å². The third-order valence-electron chi connectivity index (χ3n) is 2.08. The summed E-state index contributed by atoms with van der Waals surface area (Å²) < 4.78 is 11.6. The fraction of sp³-hybridized carbons (Fsp3) is 0.900. The minimum absolute atomic E-state index is 0.0530. The lowest BCUT2D eigenvalue weighted by molar-refractivity contribution is -0.111. The molecule has 0 aliphatic heterocycles. The van der Waals surface area contributed by atoms with Gasteiger partial charge in [-0.05, 0) is 34.2 Å². The van der Waals surface area contributed by atoms with E-state index >= 15 is 0 Å². The Labute approximate surface area is 99.2 Å². The van der Waals surface area contributed by atoms with E-state index in [0.717, 1.165) is 0 Å². The molecule has 0 aliphatic rings. The number of rotatable bonds is 6. The second kappa shape index (κ2) is 5.93. The zero-order valence-corrected chi connectivity index (χ0v) is 12.2. The predicted octanol–water partition coefficient (Wildman–Crippen LogP) is 2.37. The molecule has 0 aliphatic carbocycles. The van der Waals surface area contributed by atoms with Gasteiger partial charge in [0, 0.05) is 22.9 Å². The first-order chi connectivity index (χ1) is 6.69. The molecule has 0 radical (unpaired) electrons. The normalized spacial score (nSPS) is 14.7. The van der Waals surface area contributed by atoms with E-state index in [4.69, 9.17) is 21.5 Å². The van der Waals surface area contributed by atoms with Crippen LogP contribution in [0.5, 0.6) is 0 Å². The van der Waals surface area contributed by atoms with Gasteiger partial charge in [-0.2, -0.15) is 0 Å². The summed E-state index contributed by atoms with van der Waals surface area (Å²) in [4.78, 5) is 11.2. The van der Waals surface area contributed by atoms with Gasteiger partial charge in [0.05, 0.1) is 0 Å². The summed E-state index contributed by atoms with van der Waals surface area (Å²) in [5.74, 6) is 0. The van der Waals surface area contributed by atoms with Crippen LogP contribution in [0.15, 0.2) is 0 Å². The lowest BCUT2D eigenvalue weighted by Crippen LogP contribution is -2.48. The van der Waals surface area contributed by atoms with Gasteiger partial charge in [0.25, 0.3) is 0 Å². The van der Waals surface area contributed by atoms with Crippen LogP contribution in [-0.2, 0) is 26.3 Å².